The Kier molecular flexibility index (Phi) is 4.83. The molecule has 20 heavy (non-hydrogen) atoms. The van der Waals surface area contributed by atoms with E-state index in [9.17, 15) is 4.79 Å². The summed E-state index contributed by atoms with van der Waals surface area (Å²) < 4.78 is 6.49. The van der Waals surface area contributed by atoms with E-state index >= 15 is 0 Å². The lowest BCUT2D eigenvalue weighted by Gasteiger charge is -2.14. The van der Waals surface area contributed by atoms with E-state index in [1.54, 1.807) is 0 Å². The Hall–Kier alpha value is -1.33. The highest BCUT2D eigenvalue weighted by Gasteiger charge is 2.30. The van der Waals surface area contributed by atoms with Crippen molar-refractivity contribution in [1.82, 2.24) is 5.32 Å². The summed E-state index contributed by atoms with van der Waals surface area (Å²) in [6.45, 7) is 6.72. The molecule has 2 atom stereocenters. The van der Waals surface area contributed by atoms with Crippen molar-refractivity contribution in [2.24, 2.45) is 5.92 Å². The molecular formula is C15H18BrNO3. The van der Waals surface area contributed by atoms with Crippen molar-refractivity contribution in [1.29, 1.82) is 0 Å². The van der Waals surface area contributed by atoms with Gasteiger partial charge in [0.2, 0.25) is 0 Å². The van der Waals surface area contributed by atoms with Crippen LogP contribution in [0.5, 0.6) is 5.75 Å². The number of ether oxygens (including phenoxy) is 1. The van der Waals surface area contributed by atoms with Gasteiger partial charge in [0.05, 0.1) is 10.4 Å². The minimum atomic E-state index is -0.736. The van der Waals surface area contributed by atoms with Crippen molar-refractivity contribution >= 4 is 21.9 Å². The van der Waals surface area contributed by atoms with Crippen molar-refractivity contribution in [3.8, 4) is 5.75 Å². The van der Waals surface area contributed by atoms with Crippen LogP contribution in [0, 0.1) is 5.92 Å². The predicted molar refractivity (Wildman–Crippen MR) is 80.9 cm³/mol. The third-order valence-electron chi connectivity index (χ3n) is 3.31. The number of hydrogen-bond acceptors (Lipinski definition) is 3. The zero-order valence-electron chi connectivity index (χ0n) is 11.4. The molecule has 2 unspecified atom stereocenters. The Morgan fingerprint density at radius 2 is 2.35 bits per heavy atom. The largest absolute Gasteiger partial charge is 0.488 e. The van der Waals surface area contributed by atoms with Gasteiger partial charge in [-0.15, -0.1) is 0 Å². The molecule has 0 amide bonds. The summed E-state index contributed by atoms with van der Waals surface area (Å²) in [6, 6.07) is 5.94. The van der Waals surface area contributed by atoms with Crippen LogP contribution >= 0.6 is 15.9 Å². The molecule has 2 N–H and O–H groups in total. The van der Waals surface area contributed by atoms with Crippen LogP contribution in [-0.2, 0) is 4.79 Å². The molecule has 5 heteroatoms. The van der Waals surface area contributed by atoms with Gasteiger partial charge in [-0.3, -0.25) is 4.79 Å². The van der Waals surface area contributed by atoms with E-state index in [-0.39, 0.29) is 12.0 Å². The second-order valence-corrected chi connectivity index (χ2v) is 6.02. The van der Waals surface area contributed by atoms with Crippen LogP contribution < -0.4 is 10.1 Å². The van der Waals surface area contributed by atoms with Gasteiger partial charge in [0.25, 0.3) is 0 Å². The van der Waals surface area contributed by atoms with Gasteiger partial charge in [-0.25, -0.2) is 0 Å². The van der Waals surface area contributed by atoms with Crippen LogP contribution in [0.25, 0.3) is 0 Å². The van der Waals surface area contributed by atoms with Gasteiger partial charge in [-0.05, 0) is 52.5 Å². The predicted octanol–water partition coefficient (Wildman–Crippen LogP) is 3.14. The average molecular weight is 340 g/mol. The fourth-order valence-corrected chi connectivity index (χ4v) is 2.74. The summed E-state index contributed by atoms with van der Waals surface area (Å²) in [6.07, 6.45) is 0.619. The quantitative estimate of drug-likeness (QED) is 0.809. The first kappa shape index (κ1) is 15.1. The molecule has 0 bridgehead atoms. The Morgan fingerprint density at radius 1 is 1.60 bits per heavy atom. The fourth-order valence-electron chi connectivity index (χ4n) is 2.23. The van der Waals surface area contributed by atoms with Gasteiger partial charge in [-0.2, -0.15) is 0 Å². The van der Waals surface area contributed by atoms with Gasteiger partial charge in [-0.1, -0.05) is 12.6 Å². The molecular weight excluding hydrogens is 322 g/mol. The molecule has 108 valence electrons. The van der Waals surface area contributed by atoms with E-state index in [1.165, 1.54) is 0 Å². The zero-order valence-corrected chi connectivity index (χ0v) is 12.9. The van der Waals surface area contributed by atoms with Crippen molar-refractivity contribution in [3.05, 3.63) is 40.4 Å². The molecule has 1 fully saturated rings. The van der Waals surface area contributed by atoms with E-state index in [1.807, 2.05) is 25.1 Å². The fraction of sp³-hybridized carbons (Fsp3) is 0.400. The molecule has 0 aliphatic carbocycles. The number of hydrogen-bond donors (Lipinski definition) is 2. The van der Waals surface area contributed by atoms with Gasteiger partial charge in [0, 0.05) is 12.6 Å². The maximum atomic E-state index is 11.0. The molecule has 1 aromatic carbocycles. The van der Waals surface area contributed by atoms with E-state index in [0.717, 1.165) is 21.4 Å². The standard InChI is InChI=1S/C15H18BrNO3/c1-9(2)8-20-14-4-3-10(5-12(14)16)13-6-11(7-17-13)15(18)19/h3-5,11,13,17H,1,6-8H2,2H3,(H,18,19). The third kappa shape index (κ3) is 3.61. The van der Waals surface area contributed by atoms with Gasteiger partial charge in [0.15, 0.2) is 0 Å². The Balaban J connectivity index is 2.06. The summed E-state index contributed by atoms with van der Waals surface area (Å²) in [4.78, 5) is 11.0. The van der Waals surface area contributed by atoms with Crippen LogP contribution in [0.2, 0.25) is 0 Å². The first-order valence-corrected chi connectivity index (χ1v) is 7.29. The van der Waals surface area contributed by atoms with E-state index in [0.29, 0.717) is 19.6 Å². The van der Waals surface area contributed by atoms with Crippen LogP contribution in [0.1, 0.15) is 24.9 Å². The molecule has 1 saturated heterocycles. The van der Waals surface area contributed by atoms with Gasteiger partial charge in [0.1, 0.15) is 12.4 Å². The van der Waals surface area contributed by atoms with E-state index < -0.39 is 5.97 Å². The molecule has 0 saturated carbocycles. The van der Waals surface area contributed by atoms with Crippen molar-refractivity contribution in [3.63, 3.8) is 0 Å². The van der Waals surface area contributed by atoms with E-state index in [4.69, 9.17) is 9.84 Å². The first-order valence-electron chi connectivity index (χ1n) is 6.50. The number of halogens is 1. The number of carbonyl (C=O) groups is 1. The summed E-state index contributed by atoms with van der Waals surface area (Å²) in [7, 11) is 0. The summed E-state index contributed by atoms with van der Waals surface area (Å²) in [5, 5.41) is 12.3. The third-order valence-corrected chi connectivity index (χ3v) is 3.93. The summed E-state index contributed by atoms with van der Waals surface area (Å²) in [5.41, 5.74) is 2.03. The minimum absolute atomic E-state index is 0.0857. The SMILES string of the molecule is C=C(C)COc1ccc(C2CC(C(=O)O)CN2)cc1Br. The molecule has 2 rings (SSSR count). The van der Waals surface area contributed by atoms with Crippen LogP contribution in [-0.4, -0.2) is 24.2 Å². The monoisotopic (exact) mass is 339 g/mol. The number of rotatable bonds is 5. The van der Waals surface area contributed by atoms with Crippen LogP contribution in [0.3, 0.4) is 0 Å². The van der Waals surface area contributed by atoms with E-state index in [2.05, 4.69) is 27.8 Å². The Morgan fingerprint density at radius 3 is 2.90 bits per heavy atom. The minimum Gasteiger partial charge on any atom is -0.488 e. The lowest BCUT2D eigenvalue weighted by molar-refractivity contribution is -0.141. The molecule has 1 aromatic rings. The molecule has 0 radical (unpaired) electrons. The second kappa shape index (κ2) is 6.41. The maximum absolute atomic E-state index is 11.0. The van der Waals surface area contributed by atoms with Gasteiger partial charge < -0.3 is 15.2 Å². The van der Waals surface area contributed by atoms with Crippen molar-refractivity contribution in [2.75, 3.05) is 13.2 Å². The zero-order chi connectivity index (χ0) is 14.7. The topological polar surface area (TPSA) is 58.6 Å². The first-order chi connectivity index (χ1) is 9.47. The smallest absolute Gasteiger partial charge is 0.307 e. The number of aliphatic carboxylic acids is 1. The highest BCUT2D eigenvalue weighted by molar-refractivity contribution is 9.10. The van der Waals surface area contributed by atoms with Crippen molar-refractivity contribution in [2.45, 2.75) is 19.4 Å². The Bertz CT molecular complexity index is 530. The summed E-state index contributed by atoms with van der Waals surface area (Å²) in [5.74, 6) is -0.275. The molecule has 4 nitrogen and oxygen atoms in total. The molecule has 0 spiro atoms. The Labute approximate surface area is 127 Å². The average Bonchev–Trinajstić information content (AvgIpc) is 2.86. The van der Waals surface area contributed by atoms with Crippen molar-refractivity contribution < 1.29 is 14.6 Å². The number of carboxylic acids is 1. The maximum Gasteiger partial charge on any atom is 0.307 e. The molecule has 0 aromatic heterocycles. The number of benzene rings is 1. The van der Waals surface area contributed by atoms with Crippen LogP contribution in [0.15, 0.2) is 34.8 Å². The second-order valence-electron chi connectivity index (χ2n) is 5.17. The number of carboxylic acid groups (broad SMARTS) is 1. The van der Waals surface area contributed by atoms with Gasteiger partial charge >= 0.3 is 5.97 Å². The number of nitrogens with one attached hydrogen (secondary N) is 1. The highest BCUT2D eigenvalue weighted by Crippen LogP contribution is 2.33. The molecule has 1 aliphatic rings. The lowest BCUT2D eigenvalue weighted by Crippen LogP contribution is -2.17. The molecule has 1 aliphatic heterocycles. The summed E-state index contributed by atoms with van der Waals surface area (Å²) >= 11 is 3.49. The van der Waals surface area contributed by atoms with Crippen LogP contribution in [0.4, 0.5) is 0 Å². The highest BCUT2D eigenvalue weighted by atomic mass is 79.9. The normalized spacial score (nSPS) is 21.7. The lowest BCUT2D eigenvalue weighted by atomic mass is 10.0. The molecule has 1 heterocycles.